The molecule has 2 rings (SSSR count). The van der Waals surface area contributed by atoms with Crippen LogP contribution in [0.15, 0.2) is 6.07 Å². The zero-order valence-corrected chi connectivity index (χ0v) is 11.4. The molecule has 1 N–H and O–H groups in total. The fraction of sp³-hybridized carbons (Fsp3) is 0.643. The van der Waals surface area contributed by atoms with Gasteiger partial charge in [-0.2, -0.15) is 5.26 Å². The smallest absolute Gasteiger partial charge is 0.120 e. The van der Waals surface area contributed by atoms with Gasteiger partial charge in [0.2, 0.25) is 0 Å². The third-order valence-electron chi connectivity index (χ3n) is 3.89. The van der Waals surface area contributed by atoms with Crippen molar-refractivity contribution in [3.63, 3.8) is 0 Å². The molecular weight excluding hydrogens is 226 g/mol. The molecule has 2 heterocycles. The second-order valence-electron chi connectivity index (χ2n) is 5.03. The second-order valence-corrected chi connectivity index (χ2v) is 5.03. The molecule has 4 nitrogen and oxygen atoms in total. The number of nitriles is 1. The number of ether oxygens (including phenoxy) is 1. The lowest BCUT2D eigenvalue weighted by molar-refractivity contribution is 0.0832. The van der Waals surface area contributed by atoms with Crippen molar-refractivity contribution in [2.24, 2.45) is 7.05 Å². The SMILES string of the molecule is Cc1c(CN[C@@H](C)[C@@H]2CCCO2)cc(C#N)n1C. The van der Waals surface area contributed by atoms with Crippen molar-refractivity contribution < 1.29 is 4.74 Å². The summed E-state index contributed by atoms with van der Waals surface area (Å²) >= 11 is 0. The predicted octanol–water partition coefficient (Wildman–Crippen LogP) is 1.86. The van der Waals surface area contributed by atoms with Crippen molar-refractivity contribution in [1.82, 2.24) is 9.88 Å². The number of rotatable bonds is 4. The quantitative estimate of drug-likeness (QED) is 0.883. The third kappa shape index (κ3) is 2.58. The van der Waals surface area contributed by atoms with Crippen molar-refractivity contribution in [3.8, 4) is 6.07 Å². The van der Waals surface area contributed by atoms with Crippen molar-refractivity contribution in [2.75, 3.05) is 6.61 Å². The number of hydrogen-bond donors (Lipinski definition) is 1. The third-order valence-corrected chi connectivity index (χ3v) is 3.89. The Morgan fingerprint density at radius 1 is 1.67 bits per heavy atom. The highest BCUT2D eigenvalue weighted by molar-refractivity contribution is 5.34. The first-order chi connectivity index (χ1) is 8.63. The minimum atomic E-state index is 0.337. The molecule has 1 aromatic heterocycles. The van der Waals surface area contributed by atoms with E-state index < -0.39 is 0 Å². The Hall–Kier alpha value is -1.31. The summed E-state index contributed by atoms with van der Waals surface area (Å²) in [6.45, 7) is 5.90. The molecular formula is C14H21N3O. The standard InChI is InChI=1S/C14H21N3O/c1-10(14-5-4-6-18-14)16-9-12-7-13(8-15)17(3)11(12)2/h7,10,14,16H,4-6,9H2,1-3H3/t10-,14-/m0/s1. The molecule has 2 atom stereocenters. The van der Waals surface area contributed by atoms with Crippen LogP contribution in [0.25, 0.3) is 0 Å². The summed E-state index contributed by atoms with van der Waals surface area (Å²) < 4.78 is 7.60. The van der Waals surface area contributed by atoms with E-state index in [1.165, 1.54) is 12.0 Å². The van der Waals surface area contributed by atoms with Crippen LogP contribution >= 0.6 is 0 Å². The first kappa shape index (κ1) is 13.1. The Balaban J connectivity index is 1.95. The van der Waals surface area contributed by atoms with Crippen LogP contribution in [-0.4, -0.2) is 23.3 Å². The highest BCUT2D eigenvalue weighted by Gasteiger charge is 2.22. The Morgan fingerprint density at radius 3 is 3.00 bits per heavy atom. The Morgan fingerprint density at radius 2 is 2.44 bits per heavy atom. The van der Waals surface area contributed by atoms with Crippen LogP contribution in [0.3, 0.4) is 0 Å². The average molecular weight is 247 g/mol. The summed E-state index contributed by atoms with van der Waals surface area (Å²) in [6.07, 6.45) is 2.65. The summed E-state index contributed by atoms with van der Waals surface area (Å²) in [7, 11) is 1.93. The van der Waals surface area contributed by atoms with Crippen LogP contribution < -0.4 is 5.32 Å². The predicted molar refractivity (Wildman–Crippen MR) is 70.1 cm³/mol. The van der Waals surface area contributed by atoms with Crippen molar-refractivity contribution in [3.05, 3.63) is 23.0 Å². The molecule has 0 radical (unpaired) electrons. The Bertz CT molecular complexity index is 452. The monoisotopic (exact) mass is 247 g/mol. The molecule has 0 bridgehead atoms. The largest absolute Gasteiger partial charge is 0.377 e. The molecule has 0 amide bonds. The van der Waals surface area contributed by atoms with Crippen LogP contribution in [0.1, 0.15) is 36.7 Å². The second kappa shape index (κ2) is 5.55. The van der Waals surface area contributed by atoms with Crippen molar-refractivity contribution in [1.29, 1.82) is 5.26 Å². The van der Waals surface area contributed by atoms with E-state index >= 15 is 0 Å². The molecule has 18 heavy (non-hydrogen) atoms. The van der Waals surface area contributed by atoms with E-state index in [0.29, 0.717) is 17.8 Å². The number of aromatic nitrogens is 1. The Kier molecular flexibility index (Phi) is 4.05. The molecule has 0 spiro atoms. The van der Waals surface area contributed by atoms with Crippen LogP contribution in [0.5, 0.6) is 0 Å². The molecule has 1 aliphatic rings. The topological polar surface area (TPSA) is 50.0 Å². The van der Waals surface area contributed by atoms with Gasteiger partial charge in [-0.25, -0.2) is 0 Å². The minimum Gasteiger partial charge on any atom is -0.377 e. The van der Waals surface area contributed by atoms with Crippen molar-refractivity contribution in [2.45, 2.75) is 45.4 Å². The summed E-state index contributed by atoms with van der Waals surface area (Å²) in [5.74, 6) is 0. The van der Waals surface area contributed by atoms with Gasteiger partial charge < -0.3 is 14.6 Å². The maximum atomic E-state index is 8.99. The molecule has 1 saturated heterocycles. The van der Waals surface area contributed by atoms with E-state index in [1.54, 1.807) is 0 Å². The molecule has 1 aliphatic heterocycles. The van der Waals surface area contributed by atoms with Crippen LogP contribution in [0.2, 0.25) is 0 Å². The summed E-state index contributed by atoms with van der Waals surface area (Å²) in [4.78, 5) is 0. The summed E-state index contributed by atoms with van der Waals surface area (Å²) in [6, 6.07) is 4.53. The van der Waals surface area contributed by atoms with Crippen LogP contribution in [0.4, 0.5) is 0 Å². The average Bonchev–Trinajstić information content (AvgIpc) is 2.98. The zero-order valence-electron chi connectivity index (χ0n) is 11.4. The van der Waals surface area contributed by atoms with Gasteiger partial charge in [-0.15, -0.1) is 0 Å². The Labute approximate surface area is 109 Å². The molecule has 1 fully saturated rings. The van der Waals surface area contributed by atoms with Gasteiger partial charge in [0.1, 0.15) is 11.8 Å². The van der Waals surface area contributed by atoms with E-state index in [2.05, 4.69) is 25.2 Å². The van der Waals surface area contributed by atoms with E-state index in [4.69, 9.17) is 10.00 Å². The maximum Gasteiger partial charge on any atom is 0.120 e. The zero-order chi connectivity index (χ0) is 13.1. The van der Waals surface area contributed by atoms with E-state index in [0.717, 1.165) is 25.3 Å². The first-order valence-corrected chi connectivity index (χ1v) is 6.53. The van der Waals surface area contributed by atoms with Crippen LogP contribution in [-0.2, 0) is 18.3 Å². The number of hydrogen-bond acceptors (Lipinski definition) is 3. The van der Waals surface area contributed by atoms with Gasteiger partial charge in [0, 0.05) is 31.9 Å². The van der Waals surface area contributed by atoms with E-state index in [-0.39, 0.29) is 0 Å². The lowest BCUT2D eigenvalue weighted by Crippen LogP contribution is -2.36. The molecule has 1 aromatic rings. The van der Waals surface area contributed by atoms with E-state index in [1.807, 2.05) is 17.7 Å². The molecule has 0 aliphatic carbocycles. The van der Waals surface area contributed by atoms with Gasteiger partial charge in [-0.05, 0) is 38.3 Å². The molecule has 0 saturated carbocycles. The summed E-state index contributed by atoms with van der Waals surface area (Å²) in [5, 5.41) is 12.5. The summed E-state index contributed by atoms with van der Waals surface area (Å²) in [5.41, 5.74) is 3.06. The maximum absolute atomic E-state index is 8.99. The highest BCUT2D eigenvalue weighted by atomic mass is 16.5. The number of nitrogens with zero attached hydrogens (tertiary/aromatic N) is 2. The number of nitrogens with one attached hydrogen (secondary N) is 1. The lowest BCUT2D eigenvalue weighted by atomic mass is 10.1. The van der Waals surface area contributed by atoms with Gasteiger partial charge in [0.05, 0.1) is 6.10 Å². The van der Waals surface area contributed by atoms with Gasteiger partial charge in [-0.3, -0.25) is 0 Å². The van der Waals surface area contributed by atoms with Gasteiger partial charge in [0.15, 0.2) is 0 Å². The lowest BCUT2D eigenvalue weighted by Gasteiger charge is -2.20. The van der Waals surface area contributed by atoms with E-state index in [9.17, 15) is 0 Å². The molecule has 98 valence electrons. The highest BCUT2D eigenvalue weighted by Crippen LogP contribution is 2.17. The van der Waals surface area contributed by atoms with Crippen LogP contribution in [0, 0.1) is 18.3 Å². The molecule has 4 heteroatoms. The fourth-order valence-corrected chi connectivity index (χ4v) is 2.45. The van der Waals surface area contributed by atoms with Gasteiger partial charge >= 0.3 is 0 Å². The minimum absolute atomic E-state index is 0.337. The molecule has 0 unspecified atom stereocenters. The van der Waals surface area contributed by atoms with Crippen molar-refractivity contribution >= 4 is 0 Å². The fourth-order valence-electron chi connectivity index (χ4n) is 2.45. The first-order valence-electron chi connectivity index (χ1n) is 6.53. The van der Waals surface area contributed by atoms with Gasteiger partial charge in [0.25, 0.3) is 0 Å². The normalized spacial score (nSPS) is 20.9. The van der Waals surface area contributed by atoms with Gasteiger partial charge in [-0.1, -0.05) is 0 Å². The molecule has 0 aromatic carbocycles.